The van der Waals surface area contributed by atoms with Gasteiger partial charge in [-0.15, -0.1) is 0 Å². The molecule has 1 rings (SSSR count). The topological polar surface area (TPSA) is 51.8 Å². The molecule has 0 unspecified atom stereocenters. The molecule has 54 valence electrons. The van der Waals surface area contributed by atoms with Gasteiger partial charge in [0, 0.05) is 0 Å². The van der Waals surface area contributed by atoms with Crippen molar-refractivity contribution in [3.8, 4) is 0 Å². The maximum Gasteiger partial charge on any atom is 0.220 e. The Kier molecular flexibility index (Phi) is 1.89. The molecule has 2 N–H and O–H groups in total. The Bertz CT molecular complexity index is 236. The fraction of sp³-hybridized carbons (Fsp3) is 0.333. The lowest BCUT2D eigenvalue weighted by molar-refractivity contribution is 1.05. The second-order valence-corrected chi connectivity index (χ2v) is 2.86. The standard InChI is InChI=1S/C6H8BrN3/c1-3-5(7)4(2)10-6(8)9-3/h1-2H3,(H2,8,9,10). The molecule has 0 amide bonds. The maximum atomic E-state index is 5.39. The third kappa shape index (κ3) is 1.26. The summed E-state index contributed by atoms with van der Waals surface area (Å²) in [5.74, 6) is 0.332. The van der Waals surface area contributed by atoms with Crippen LogP contribution < -0.4 is 5.73 Å². The lowest BCUT2D eigenvalue weighted by Crippen LogP contribution is -1.99. The van der Waals surface area contributed by atoms with E-state index in [1.165, 1.54) is 0 Å². The van der Waals surface area contributed by atoms with Crippen LogP contribution in [-0.2, 0) is 0 Å². The van der Waals surface area contributed by atoms with Crippen molar-refractivity contribution in [2.45, 2.75) is 13.8 Å². The summed E-state index contributed by atoms with van der Waals surface area (Å²) in [6.07, 6.45) is 0. The van der Waals surface area contributed by atoms with Crippen LogP contribution in [-0.4, -0.2) is 9.97 Å². The van der Waals surface area contributed by atoms with Gasteiger partial charge in [0.05, 0.1) is 15.9 Å². The van der Waals surface area contributed by atoms with Crippen molar-refractivity contribution in [1.29, 1.82) is 0 Å². The number of aryl methyl sites for hydroxylation is 2. The van der Waals surface area contributed by atoms with E-state index < -0.39 is 0 Å². The number of nitrogens with two attached hydrogens (primary N) is 1. The van der Waals surface area contributed by atoms with E-state index in [0.717, 1.165) is 15.9 Å². The Morgan fingerprint density at radius 2 is 1.60 bits per heavy atom. The Labute approximate surface area is 67.8 Å². The monoisotopic (exact) mass is 201 g/mol. The zero-order chi connectivity index (χ0) is 7.72. The predicted molar refractivity (Wildman–Crippen MR) is 43.6 cm³/mol. The molecule has 3 nitrogen and oxygen atoms in total. The van der Waals surface area contributed by atoms with Gasteiger partial charge in [0.25, 0.3) is 0 Å². The molecule has 1 aromatic heterocycles. The molecule has 0 aliphatic carbocycles. The molecule has 1 heterocycles. The van der Waals surface area contributed by atoms with Crippen molar-refractivity contribution in [2.24, 2.45) is 0 Å². The fourth-order valence-corrected chi connectivity index (χ4v) is 0.906. The van der Waals surface area contributed by atoms with E-state index in [0.29, 0.717) is 5.95 Å². The van der Waals surface area contributed by atoms with Gasteiger partial charge in [0.2, 0.25) is 5.95 Å². The summed E-state index contributed by atoms with van der Waals surface area (Å²) in [6.45, 7) is 3.77. The number of hydrogen-bond acceptors (Lipinski definition) is 3. The number of hydrogen-bond donors (Lipinski definition) is 1. The van der Waals surface area contributed by atoms with Crippen LogP contribution in [0.25, 0.3) is 0 Å². The van der Waals surface area contributed by atoms with Gasteiger partial charge in [0.15, 0.2) is 0 Å². The summed E-state index contributed by atoms with van der Waals surface area (Å²) >= 11 is 3.33. The molecular formula is C6H8BrN3. The first-order chi connectivity index (χ1) is 4.61. The zero-order valence-corrected chi connectivity index (χ0v) is 7.44. The van der Waals surface area contributed by atoms with E-state index in [1.54, 1.807) is 0 Å². The van der Waals surface area contributed by atoms with E-state index in [4.69, 9.17) is 5.73 Å². The number of halogens is 1. The van der Waals surface area contributed by atoms with Crippen LogP contribution in [0.15, 0.2) is 4.47 Å². The molecule has 0 aromatic carbocycles. The smallest absolute Gasteiger partial charge is 0.220 e. The van der Waals surface area contributed by atoms with Crippen molar-refractivity contribution >= 4 is 21.9 Å². The van der Waals surface area contributed by atoms with Crippen molar-refractivity contribution in [2.75, 3.05) is 5.73 Å². The summed E-state index contributed by atoms with van der Waals surface area (Å²) < 4.78 is 0.932. The minimum atomic E-state index is 0.332. The van der Waals surface area contributed by atoms with Gasteiger partial charge in [-0.3, -0.25) is 0 Å². The fourth-order valence-electron chi connectivity index (χ4n) is 0.729. The summed E-state index contributed by atoms with van der Waals surface area (Å²) in [7, 11) is 0. The van der Waals surface area contributed by atoms with E-state index in [9.17, 15) is 0 Å². The lowest BCUT2D eigenvalue weighted by atomic mass is 10.4. The largest absolute Gasteiger partial charge is 0.368 e. The van der Waals surface area contributed by atoms with Gasteiger partial charge in [-0.2, -0.15) is 0 Å². The molecule has 0 atom stereocenters. The van der Waals surface area contributed by atoms with Gasteiger partial charge in [-0.1, -0.05) is 0 Å². The highest BCUT2D eigenvalue weighted by Crippen LogP contribution is 2.17. The van der Waals surface area contributed by atoms with Crippen LogP contribution in [0.4, 0.5) is 5.95 Å². The van der Waals surface area contributed by atoms with Crippen molar-refractivity contribution in [1.82, 2.24) is 9.97 Å². The normalized spacial score (nSPS) is 9.90. The first-order valence-corrected chi connectivity index (χ1v) is 3.67. The minimum Gasteiger partial charge on any atom is -0.368 e. The van der Waals surface area contributed by atoms with Crippen LogP contribution in [0.3, 0.4) is 0 Å². The quantitative estimate of drug-likeness (QED) is 0.692. The highest BCUT2D eigenvalue weighted by atomic mass is 79.9. The summed E-state index contributed by atoms with van der Waals surface area (Å²) in [6, 6.07) is 0. The maximum absolute atomic E-state index is 5.39. The highest BCUT2D eigenvalue weighted by Gasteiger charge is 2.01. The Hall–Kier alpha value is -0.640. The third-order valence-electron chi connectivity index (χ3n) is 1.20. The molecule has 0 fully saturated rings. The molecule has 1 aromatic rings. The Morgan fingerprint density at radius 3 is 2.00 bits per heavy atom. The number of nitrogen functional groups attached to an aromatic ring is 1. The molecule has 4 heteroatoms. The van der Waals surface area contributed by atoms with Gasteiger partial charge in [0.1, 0.15) is 0 Å². The average molecular weight is 202 g/mol. The zero-order valence-electron chi connectivity index (χ0n) is 5.85. The molecule has 0 spiro atoms. The SMILES string of the molecule is Cc1nc(N)nc(C)c1Br. The van der Waals surface area contributed by atoms with Crippen LogP contribution in [0.1, 0.15) is 11.4 Å². The van der Waals surface area contributed by atoms with Crippen molar-refractivity contribution in [3.63, 3.8) is 0 Å². The molecule has 0 saturated carbocycles. The van der Waals surface area contributed by atoms with E-state index in [1.807, 2.05) is 13.8 Å². The number of aromatic nitrogens is 2. The van der Waals surface area contributed by atoms with Crippen LogP contribution in [0.5, 0.6) is 0 Å². The minimum absolute atomic E-state index is 0.332. The number of nitrogens with zero attached hydrogens (tertiary/aromatic N) is 2. The summed E-state index contributed by atoms with van der Waals surface area (Å²) in [5.41, 5.74) is 7.14. The Morgan fingerprint density at radius 1 is 1.20 bits per heavy atom. The summed E-state index contributed by atoms with van der Waals surface area (Å²) in [4.78, 5) is 7.91. The molecule has 0 aliphatic heterocycles. The second kappa shape index (κ2) is 2.54. The van der Waals surface area contributed by atoms with Gasteiger partial charge in [-0.25, -0.2) is 9.97 Å². The molecule has 0 radical (unpaired) electrons. The number of anilines is 1. The molecule has 0 bridgehead atoms. The first-order valence-electron chi connectivity index (χ1n) is 2.87. The number of rotatable bonds is 0. The van der Waals surface area contributed by atoms with E-state index in [2.05, 4.69) is 25.9 Å². The van der Waals surface area contributed by atoms with Crippen LogP contribution in [0.2, 0.25) is 0 Å². The molecular weight excluding hydrogens is 194 g/mol. The van der Waals surface area contributed by atoms with Crippen LogP contribution in [0, 0.1) is 13.8 Å². The van der Waals surface area contributed by atoms with Gasteiger partial charge < -0.3 is 5.73 Å². The third-order valence-corrected chi connectivity index (χ3v) is 2.35. The first kappa shape index (κ1) is 7.47. The molecule has 0 saturated heterocycles. The highest BCUT2D eigenvalue weighted by molar-refractivity contribution is 9.10. The molecule has 10 heavy (non-hydrogen) atoms. The van der Waals surface area contributed by atoms with E-state index >= 15 is 0 Å². The Balaban J connectivity index is 3.31. The average Bonchev–Trinajstić information content (AvgIpc) is 1.82. The second-order valence-electron chi connectivity index (χ2n) is 2.07. The van der Waals surface area contributed by atoms with Crippen LogP contribution >= 0.6 is 15.9 Å². The van der Waals surface area contributed by atoms with Crippen molar-refractivity contribution < 1.29 is 0 Å². The lowest BCUT2D eigenvalue weighted by Gasteiger charge is -2.00. The van der Waals surface area contributed by atoms with Crippen molar-refractivity contribution in [3.05, 3.63) is 15.9 Å². The van der Waals surface area contributed by atoms with Gasteiger partial charge >= 0.3 is 0 Å². The summed E-state index contributed by atoms with van der Waals surface area (Å²) in [5, 5.41) is 0. The predicted octanol–water partition coefficient (Wildman–Crippen LogP) is 1.44. The van der Waals surface area contributed by atoms with Gasteiger partial charge in [-0.05, 0) is 29.8 Å². The molecule has 0 aliphatic rings. The van der Waals surface area contributed by atoms with E-state index in [-0.39, 0.29) is 0 Å².